The molecule has 0 fully saturated rings. The largest absolute Gasteiger partial charge is 0.361 e. The first kappa shape index (κ1) is 14.1. The van der Waals surface area contributed by atoms with Crippen LogP contribution in [0.2, 0.25) is 0 Å². The summed E-state index contributed by atoms with van der Waals surface area (Å²) in [7, 11) is 0. The van der Waals surface area contributed by atoms with Crippen LogP contribution in [-0.4, -0.2) is 11.5 Å². The van der Waals surface area contributed by atoms with Gasteiger partial charge in [0.25, 0.3) is 5.69 Å². The molecule has 0 saturated carbocycles. The van der Waals surface area contributed by atoms with Crippen molar-refractivity contribution in [3.05, 3.63) is 69.3 Å². The van der Waals surface area contributed by atoms with Gasteiger partial charge in [0.2, 0.25) is 0 Å². The summed E-state index contributed by atoms with van der Waals surface area (Å²) in [5.74, 6) is 0. The van der Waals surface area contributed by atoms with Crippen molar-refractivity contribution in [2.24, 2.45) is 0 Å². The van der Waals surface area contributed by atoms with Crippen molar-refractivity contribution in [2.75, 3.05) is 11.4 Å². The molecule has 5 heteroatoms. The molecule has 0 saturated heterocycles. The number of nitro groups is 1. The van der Waals surface area contributed by atoms with E-state index in [1.807, 2.05) is 24.3 Å². The van der Waals surface area contributed by atoms with Gasteiger partial charge in [-0.15, -0.1) is 0 Å². The Labute approximate surface area is 131 Å². The third-order valence-corrected chi connectivity index (χ3v) is 4.51. The van der Waals surface area contributed by atoms with Gasteiger partial charge in [-0.05, 0) is 29.2 Å². The van der Waals surface area contributed by atoms with Crippen molar-refractivity contribution in [3.8, 4) is 0 Å². The van der Waals surface area contributed by atoms with E-state index in [9.17, 15) is 10.1 Å². The molecule has 0 N–H and O–H groups in total. The van der Waals surface area contributed by atoms with Crippen molar-refractivity contribution in [3.63, 3.8) is 0 Å². The van der Waals surface area contributed by atoms with Crippen molar-refractivity contribution >= 4 is 27.3 Å². The quantitative estimate of drug-likeness (QED) is 0.478. The first-order chi connectivity index (χ1) is 10.2. The number of alkyl halides is 1. The summed E-state index contributed by atoms with van der Waals surface area (Å²) >= 11 is 3.35. The monoisotopic (exact) mass is 346 g/mol. The molecule has 3 rings (SSSR count). The normalized spacial score (nSPS) is 13.9. The molecule has 4 nitrogen and oxygen atoms in total. The number of anilines is 1. The van der Waals surface area contributed by atoms with Gasteiger partial charge in [-0.3, -0.25) is 10.1 Å². The zero-order chi connectivity index (χ0) is 14.8. The summed E-state index contributed by atoms with van der Waals surface area (Å²) in [5, 5.41) is 12.0. The molecule has 0 bridgehead atoms. The second-order valence-corrected chi connectivity index (χ2v) is 5.71. The molecule has 0 spiro atoms. The molecular formula is C16H15BrN2O2. The summed E-state index contributed by atoms with van der Waals surface area (Å²) in [6.45, 7) is 1.54. The maximum atomic E-state index is 11.3. The van der Waals surface area contributed by atoms with Gasteiger partial charge in [-0.1, -0.05) is 46.3 Å². The van der Waals surface area contributed by atoms with E-state index in [4.69, 9.17) is 0 Å². The van der Waals surface area contributed by atoms with E-state index in [2.05, 4.69) is 33.0 Å². The van der Waals surface area contributed by atoms with E-state index in [0.717, 1.165) is 25.1 Å². The Kier molecular flexibility index (Phi) is 3.92. The van der Waals surface area contributed by atoms with Crippen LogP contribution >= 0.6 is 15.9 Å². The van der Waals surface area contributed by atoms with Gasteiger partial charge >= 0.3 is 0 Å². The molecular weight excluding hydrogens is 332 g/mol. The minimum atomic E-state index is -0.290. The molecule has 21 heavy (non-hydrogen) atoms. The van der Waals surface area contributed by atoms with Crippen LogP contribution in [0.5, 0.6) is 0 Å². The first-order valence-corrected chi connectivity index (χ1v) is 7.96. The molecule has 2 aromatic rings. The lowest BCUT2D eigenvalue weighted by atomic mass is 9.99. The number of hydrogen-bond donors (Lipinski definition) is 0. The fourth-order valence-corrected chi connectivity index (χ4v) is 3.12. The fourth-order valence-electron chi connectivity index (χ4n) is 2.77. The average Bonchev–Trinajstić information content (AvgIpc) is 2.53. The van der Waals surface area contributed by atoms with Crippen LogP contribution in [0.3, 0.4) is 0 Å². The van der Waals surface area contributed by atoms with E-state index in [1.54, 1.807) is 6.07 Å². The van der Waals surface area contributed by atoms with Crippen LogP contribution in [-0.2, 0) is 18.3 Å². The number of rotatable bonds is 3. The van der Waals surface area contributed by atoms with Gasteiger partial charge < -0.3 is 4.90 Å². The zero-order valence-corrected chi connectivity index (χ0v) is 13.0. The SMILES string of the molecule is O=[N+]([O-])c1cc(CBr)ccc1N1CCc2ccccc2C1. The Morgan fingerprint density at radius 2 is 1.95 bits per heavy atom. The molecule has 2 aromatic carbocycles. The number of nitrogens with zero attached hydrogens (tertiary/aromatic N) is 2. The molecule has 1 aliphatic heterocycles. The van der Waals surface area contributed by atoms with Crippen molar-refractivity contribution in [2.45, 2.75) is 18.3 Å². The number of fused-ring (bicyclic) bond motifs is 1. The maximum Gasteiger partial charge on any atom is 0.292 e. The second-order valence-electron chi connectivity index (χ2n) is 5.15. The van der Waals surface area contributed by atoms with Crippen LogP contribution in [0.1, 0.15) is 16.7 Å². The Morgan fingerprint density at radius 3 is 2.67 bits per heavy atom. The molecule has 1 heterocycles. The van der Waals surface area contributed by atoms with E-state index in [0.29, 0.717) is 11.0 Å². The van der Waals surface area contributed by atoms with Gasteiger partial charge in [0, 0.05) is 24.5 Å². The molecule has 0 amide bonds. The van der Waals surface area contributed by atoms with Crippen LogP contribution in [0.25, 0.3) is 0 Å². The molecule has 0 unspecified atom stereocenters. The summed E-state index contributed by atoms with van der Waals surface area (Å²) < 4.78 is 0. The molecule has 0 aromatic heterocycles. The van der Waals surface area contributed by atoms with Crippen LogP contribution in [0, 0.1) is 10.1 Å². The number of hydrogen-bond acceptors (Lipinski definition) is 3. The summed E-state index contributed by atoms with van der Waals surface area (Å²) in [4.78, 5) is 13.1. The van der Waals surface area contributed by atoms with E-state index < -0.39 is 0 Å². The lowest BCUT2D eigenvalue weighted by molar-refractivity contribution is -0.384. The highest BCUT2D eigenvalue weighted by molar-refractivity contribution is 9.08. The number of benzene rings is 2. The van der Waals surface area contributed by atoms with E-state index >= 15 is 0 Å². The van der Waals surface area contributed by atoms with Gasteiger partial charge in [-0.25, -0.2) is 0 Å². The lowest BCUT2D eigenvalue weighted by Crippen LogP contribution is -2.30. The van der Waals surface area contributed by atoms with Crippen molar-refractivity contribution in [1.82, 2.24) is 0 Å². The van der Waals surface area contributed by atoms with Gasteiger partial charge in [0.05, 0.1) is 4.92 Å². The average molecular weight is 347 g/mol. The van der Waals surface area contributed by atoms with Gasteiger partial charge in [0.1, 0.15) is 5.69 Å². The van der Waals surface area contributed by atoms with Crippen LogP contribution in [0.4, 0.5) is 11.4 Å². The highest BCUT2D eigenvalue weighted by atomic mass is 79.9. The van der Waals surface area contributed by atoms with Crippen LogP contribution in [0.15, 0.2) is 42.5 Å². The van der Waals surface area contributed by atoms with Gasteiger partial charge in [-0.2, -0.15) is 0 Å². The van der Waals surface area contributed by atoms with Crippen LogP contribution < -0.4 is 4.90 Å². The standard InChI is InChI=1S/C16H15BrN2O2/c17-10-12-5-6-15(16(9-12)19(20)21)18-8-7-13-3-1-2-4-14(13)11-18/h1-6,9H,7-8,10-11H2. The summed E-state index contributed by atoms with van der Waals surface area (Å²) in [6, 6.07) is 13.8. The smallest absolute Gasteiger partial charge is 0.292 e. The minimum Gasteiger partial charge on any atom is -0.361 e. The minimum absolute atomic E-state index is 0.186. The Morgan fingerprint density at radius 1 is 1.19 bits per heavy atom. The summed E-state index contributed by atoms with van der Waals surface area (Å²) in [6.07, 6.45) is 0.924. The highest BCUT2D eigenvalue weighted by Gasteiger charge is 2.23. The maximum absolute atomic E-state index is 11.3. The number of nitro benzene ring substituents is 1. The second kappa shape index (κ2) is 5.85. The lowest BCUT2D eigenvalue weighted by Gasteiger charge is -2.30. The van der Waals surface area contributed by atoms with E-state index in [1.165, 1.54) is 11.1 Å². The predicted octanol–water partition coefficient (Wildman–Crippen LogP) is 4.05. The molecule has 0 atom stereocenters. The van der Waals surface area contributed by atoms with E-state index in [-0.39, 0.29) is 10.6 Å². The molecule has 0 aliphatic carbocycles. The van der Waals surface area contributed by atoms with Gasteiger partial charge in [0.15, 0.2) is 0 Å². The molecule has 1 aliphatic rings. The molecule has 0 radical (unpaired) electrons. The topological polar surface area (TPSA) is 46.4 Å². The fraction of sp³-hybridized carbons (Fsp3) is 0.250. The van der Waals surface area contributed by atoms with Crippen molar-refractivity contribution < 1.29 is 4.92 Å². The third kappa shape index (κ3) is 2.78. The highest BCUT2D eigenvalue weighted by Crippen LogP contribution is 2.33. The summed E-state index contributed by atoms with van der Waals surface area (Å²) in [5.41, 5.74) is 4.41. The van der Waals surface area contributed by atoms with Crippen molar-refractivity contribution in [1.29, 1.82) is 0 Å². The predicted molar refractivity (Wildman–Crippen MR) is 86.9 cm³/mol. The number of halogens is 1. The molecule has 108 valence electrons. The Balaban J connectivity index is 1.96. The Hall–Kier alpha value is -1.88. The zero-order valence-electron chi connectivity index (χ0n) is 11.5. The first-order valence-electron chi connectivity index (χ1n) is 6.84. The third-order valence-electron chi connectivity index (χ3n) is 3.86. The Bertz CT molecular complexity index is 688.